The van der Waals surface area contributed by atoms with Crippen LogP contribution in [-0.2, 0) is 0 Å². The van der Waals surface area contributed by atoms with E-state index in [1.54, 1.807) is 0 Å². The van der Waals surface area contributed by atoms with Crippen molar-refractivity contribution in [3.05, 3.63) is 23.0 Å². The molecule has 17 heavy (non-hydrogen) atoms. The van der Waals surface area contributed by atoms with Crippen molar-refractivity contribution in [2.75, 3.05) is 23.7 Å². The predicted octanol–water partition coefficient (Wildman–Crippen LogP) is 3.83. The lowest BCUT2D eigenvalue weighted by molar-refractivity contribution is 0.555. The maximum atomic E-state index is 13.5. The van der Waals surface area contributed by atoms with Crippen LogP contribution in [-0.4, -0.2) is 13.1 Å². The van der Waals surface area contributed by atoms with Crippen LogP contribution >= 0.6 is 11.6 Å². The van der Waals surface area contributed by atoms with Gasteiger partial charge in [-0.05, 0) is 18.9 Å². The van der Waals surface area contributed by atoms with Gasteiger partial charge in [0, 0.05) is 19.2 Å². The number of benzene rings is 1. The summed E-state index contributed by atoms with van der Waals surface area (Å²) in [7, 11) is 0. The molecule has 1 fully saturated rings. The van der Waals surface area contributed by atoms with E-state index in [1.807, 2.05) is 0 Å². The summed E-state index contributed by atoms with van der Waals surface area (Å²) in [6, 6.07) is 2.96. The second-order valence-electron chi connectivity index (χ2n) is 4.58. The summed E-state index contributed by atoms with van der Waals surface area (Å²) in [6.45, 7) is 1.90. The van der Waals surface area contributed by atoms with E-state index in [0.717, 1.165) is 31.6 Å². The Labute approximate surface area is 107 Å². The highest BCUT2D eigenvalue weighted by Gasteiger charge is 2.14. The summed E-state index contributed by atoms with van der Waals surface area (Å²) in [5, 5.41) is 0.0956. The Morgan fingerprint density at radius 3 is 2.29 bits per heavy atom. The Balaban J connectivity index is 2.21. The van der Waals surface area contributed by atoms with E-state index < -0.39 is 5.82 Å². The molecule has 2 nitrogen and oxygen atoms in total. The van der Waals surface area contributed by atoms with Crippen molar-refractivity contribution < 1.29 is 4.39 Å². The molecule has 2 rings (SSSR count). The van der Waals surface area contributed by atoms with Gasteiger partial charge in [-0.2, -0.15) is 0 Å². The molecule has 1 aromatic rings. The van der Waals surface area contributed by atoms with Gasteiger partial charge in [0.1, 0.15) is 5.82 Å². The molecule has 0 amide bonds. The zero-order chi connectivity index (χ0) is 12.3. The molecule has 0 aliphatic carbocycles. The maximum absolute atomic E-state index is 13.5. The minimum absolute atomic E-state index is 0.0956. The number of hydrogen-bond donors (Lipinski definition) is 1. The molecule has 4 heteroatoms. The summed E-state index contributed by atoms with van der Waals surface area (Å²) in [4.78, 5) is 2.17. The molecule has 0 bridgehead atoms. The number of nitrogen functional groups attached to an aromatic ring is 1. The lowest BCUT2D eigenvalue weighted by Crippen LogP contribution is -2.27. The molecule has 1 aromatic carbocycles. The Kier molecular flexibility index (Phi) is 4.11. The summed E-state index contributed by atoms with van der Waals surface area (Å²) >= 11 is 5.71. The fraction of sp³-hybridized carbons (Fsp3) is 0.538. The number of rotatable bonds is 1. The van der Waals surface area contributed by atoms with E-state index in [4.69, 9.17) is 17.3 Å². The molecule has 0 unspecified atom stereocenters. The molecule has 0 saturated carbocycles. The van der Waals surface area contributed by atoms with Crippen LogP contribution in [0.25, 0.3) is 0 Å². The molecule has 0 spiro atoms. The molecular weight excluding hydrogens is 239 g/mol. The molecule has 1 aliphatic rings. The van der Waals surface area contributed by atoms with Crippen molar-refractivity contribution in [3.8, 4) is 0 Å². The van der Waals surface area contributed by atoms with Crippen molar-refractivity contribution in [3.63, 3.8) is 0 Å². The largest absolute Gasteiger partial charge is 0.397 e. The predicted molar refractivity (Wildman–Crippen MR) is 71.1 cm³/mol. The number of halogens is 2. The molecule has 1 saturated heterocycles. The SMILES string of the molecule is Nc1cc(Cl)c(F)cc1N1CCCCCCC1. The van der Waals surface area contributed by atoms with Crippen LogP contribution in [0.15, 0.2) is 12.1 Å². The van der Waals surface area contributed by atoms with Crippen molar-refractivity contribution in [1.29, 1.82) is 0 Å². The molecule has 1 heterocycles. The third-order valence-electron chi connectivity index (χ3n) is 3.27. The fourth-order valence-corrected chi connectivity index (χ4v) is 2.49. The maximum Gasteiger partial charge on any atom is 0.144 e. The lowest BCUT2D eigenvalue weighted by Gasteiger charge is -2.28. The molecule has 0 aromatic heterocycles. The monoisotopic (exact) mass is 256 g/mol. The minimum Gasteiger partial charge on any atom is -0.397 e. The van der Waals surface area contributed by atoms with E-state index in [2.05, 4.69) is 4.90 Å². The Morgan fingerprint density at radius 2 is 1.65 bits per heavy atom. The fourth-order valence-electron chi connectivity index (χ4n) is 2.31. The van der Waals surface area contributed by atoms with E-state index in [1.165, 1.54) is 31.4 Å². The summed E-state index contributed by atoms with van der Waals surface area (Å²) in [5.74, 6) is -0.391. The van der Waals surface area contributed by atoms with Crippen LogP contribution < -0.4 is 10.6 Å². The molecule has 0 radical (unpaired) electrons. The first-order valence-electron chi connectivity index (χ1n) is 6.18. The quantitative estimate of drug-likeness (QED) is 0.774. The van der Waals surface area contributed by atoms with E-state index in [0.29, 0.717) is 5.69 Å². The highest BCUT2D eigenvalue weighted by molar-refractivity contribution is 6.31. The summed E-state index contributed by atoms with van der Waals surface area (Å²) in [6.07, 6.45) is 6.07. The Morgan fingerprint density at radius 1 is 1.06 bits per heavy atom. The van der Waals surface area contributed by atoms with Crippen molar-refractivity contribution in [2.24, 2.45) is 0 Å². The third kappa shape index (κ3) is 3.03. The van der Waals surface area contributed by atoms with Gasteiger partial charge in [0.2, 0.25) is 0 Å². The van der Waals surface area contributed by atoms with Crippen molar-refractivity contribution >= 4 is 23.0 Å². The van der Waals surface area contributed by atoms with Crippen molar-refractivity contribution in [2.45, 2.75) is 32.1 Å². The Bertz CT molecular complexity index is 387. The van der Waals surface area contributed by atoms with Gasteiger partial charge in [-0.25, -0.2) is 4.39 Å². The van der Waals surface area contributed by atoms with Crippen LogP contribution in [0.1, 0.15) is 32.1 Å². The smallest absolute Gasteiger partial charge is 0.144 e. The highest BCUT2D eigenvalue weighted by Crippen LogP contribution is 2.30. The average Bonchev–Trinajstić information content (AvgIpc) is 2.24. The molecule has 2 N–H and O–H groups in total. The zero-order valence-electron chi connectivity index (χ0n) is 9.88. The number of hydrogen-bond acceptors (Lipinski definition) is 2. The molecule has 1 aliphatic heterocycles. The topological polar surface area (TPSA) is 29.3 Å². The first-order valence-corrected chi connectivity index (χ1v) is 6.56. The van der Waals surface area contributed by atoms with Crippen LogP contribution in [0.5, 0.6) is 0 Å². The van der Waals surface area contributed by atoms with Crippen molar-refractivity contribution in [1.82, 2.24) is 0 Å². The van der Waals surface area contributed by atoms with Gasteiger partial charge >= 0.3 is 0 Å². The number of nitrogens with two attached hydrogens (primary N) is 1. The highest BCUT2D eigenvalue weighted by atomic mass is 35.5. The van der Waals surface area contributed by atoms with E-state index >= 15 is 0 Å². The lowest BCUT2D eigenvalue weighted by atomic mass is 10.1. The molecule has 94 valence electrons. The van der Waals surface area contributed by atoms with Crippen LogP contribution in [0.3, 0.4) is 0 Å². The van der Waals surface area contributed by atoms with E-state index in [-0.39, 0.29) is 5.02 Å². The van der Waals surface area contributed by atoms with Gasteiger partial charge < -0.3 is 10.6 Å². The zero-order valence-corrected chi connectivity index (χ0v) is 10.6. The third-order valence-corrected chi connectivity index (χ3v) is 3.56. The van der Waals surface area contributed by atoms with Gasteiger partial charge in [0.25, 0.3) is 0 Å². The number of anilines is 2. The second kappa shape index (κ2) is 5.58. The minimum atomic E-state index is -0.391. The van der Waals surface area contributed by atoms with Crippen LogP contribution in [0, 0.1) is 5.82 Å². The summed E-state index contributed by atoms with van der Waals surface area (Å²) in [5.41, 5.74) is 7.27. The molecular formula is C13H18ClFN2. The standard InChI is InChI=1S/C13H18ClFN2/c14-10-8-12(16)13(9-11(10)15)17-6-4-2-1-3-5-7-17/h8-9H,1-7,16H2. The normalized spacial score (nSPS) is 17.6. The number of nitrogens with zero attached hydrogens (tertiary/aromatic N) is 1. The average molecular weight is 257 g/mol. The second-order valence-corrected chi connectivity index (χ2v) is 4.99. The Hall–Kier alpha value is -0.960. The van der Waals surface area contributed by atoms with Gasteiger partial charge in [0.15, 0.2) is 0 Å². The summed E-state index contributed by atoms with van der Waals surface area (Å²) < 4.78 is 13.5. The first kappa shape index (κ1) is 12.5. The van der Waals surface area contributed by atoms with Crippen LogP contribution in [0.2, 0.25) is 5.02 Å². The van der Waals surface area contributed by atoms with Gasteiger partial charge in [-0.15, -0.1) is 0 Å². The molecule has 0 atom stereocenters. The van der Waals surface area contributed by atoms with Crippen LogP contribution in [0.4, 0.5) is 15.8 Å². The van der Waals surface area contributed by atoms with Gasteiger partial charge in [-0.3, -0.25) is 0 Å². The van der Waals surface area contributed by atoms with Gasteiger partial charge in [0.05, 0.1) is 16.4 Å². The first-order chi connectivity index (χ1) is 8.18. The van der Waals surface area contributed by atoms with E-state index in [9.17, 15) is 4.39 Å². The van der Waals surface area contributed by atoms with Gasteiger partial charge in [-0.1, -0.05) is 30.9 Å².